The van der Waals surface area contributed by atoms with Crippen LogP contribution in [-0.4, -0.2) is 39.3 Å². The summed E-state index contributed by atoms with van der Waals surface area (Å²) in [5.41, 5.74) is 3.20. The maximum Gasteiger partial charge on any atom is 0.255 e. The Balaban J connectivity index is 1.40. The van der Waals surface area contributed by atoms with Crippen LogP contribution in [0.3, 0.4) is 0 Å². The van der Waals surface area contributed by atoms with Crippen molar-refractivity contribution in [3.63, 3.8) is 0 Å². The summed E-state index contributed by atoms with van der Waals surface area (Å²) in [7, 11) is 1.92. The van der Waals surface area contributed by atoms with Gasteiger partial charge in [0, 0.05) is 36.5 Å². The molecule has 2 aromatic heterocycles. The van der Waals surface area contributed by atoms with E-state index < -0.39 is 0 Å². The molecule has 4 aliphatic rings. The lowest BCUT2D eigenvalue weighted by Crippen LogP contribution is -2.68. The molecule has 6 heteroatoms. The predicted molar refractivity (Wildman–Crippen MR) is 106 cm³/mol. The number of anilines is 1. The fourth-order valence-electron chi connectivity index (χ4n) is 4.40. The van der Waals surface area contributed by atoms with E-state index in [-0.39, 0.29) is 23.3 Å². The molecule has 0 spiro atoms. The Hall–Kier alpha value is -2.76. The predicted octanol–water partition coefficient (Wildman–Crippen LogP) is 3.43. The molecule has 2 aromatic rings. The Morgan fingerprint density at radius 1 is 1.14 bits per heavy atom. The number of hydrogen-bond acceptors (Lipinski definition) is 4. The average molecular weight is 376 g/mol. The number of pyridine rings is 2. The highest BCUT2D eigenvalue weighted by molar-refractivity contribution is 5.97. The smallest absolute Gasteiger partial charge is 0.255 e. The maximum atomic E-state index is 13.1. The molecule has 0 radical (unpaired) electrons. The zero-order valence-corrected chi connectivity index (χ0v) is 16.2. The number of hydrogen-bond donors (Lipinski definition) is 1. The fourth-order valence-corrected chi connectivity index (χ4v) is 4.40. The van der Waals surface area contributed by atoms with Gasteiger partial charge in [-0.15, -0.1) is 0 Å². The number of carbonyl (C=O) groups excluding carboxylic acids is 2. The van der Waals surface area contributed by atoms with Gasteiger partial charge in [-0.3, -0.25) is 14.6 Å². The summed E-state index contributed by atoms with van der Waals surface area (Å²) in [4.78, 5) is 35.8. The number of aromatic nitrogens is 2. The summed E-state index contributed by atoms with van der Waals surface area (Å²) in [6.45, 7) is 1.88. The molecule has 0 unspecified atom stereocenters. The minimum atomic E-state index is 0.0303. The first-order chi connectivity index (χ1) is 13.4. The zero-order valence-electron chi connectivity index (χ0n) is 16.2. The van der Waals surface area contributed by atoms with E-state index in [1.165, 1.54) is 0 Å². The van der Waals surface area contributed by atoms with Crippen LogP contribution in [-0.2, 0) is 4.79 Å². The molecule has 2 amide bonds. The van der Waals surface area contributed by atoms with Crippen molar-refractivity contribution in [1.82, 2.24) is 14.9 Å². The van der Waals surface area contributed by atoms with Crippen molar-refractivity contribution in [3.8, 4) is 11.1 Å². The van der Waals surface area contributed by atoms with Crippen molar-refractivity contribution in [2.75, 3.05) is 12.4 Å². The first-order valence-electron chi connectivity index (χ1n) is 9.97. The third kappa shape index (κ3) is 2.79. The van der Waals surface area contributed by atoms with Crippen LogP contribution in [0.25, 0.3) is 11.1 Å². The normalized spacial score (nSPS) is 24.7. The first-order valence-corrected chi connectivity index (χ1v) is 9.97. The van der Waals surface area contributed by atoms with Crippen molar-refractivity contribution < 1.29 is 9.59 Å². The van der Waals surface area contributed by atoms with Crippen molar-refractivity contribution in [1.29, 1.82) is 0 Å². The molecule has 0 aliphatic heterocycles. The van der Waals surface area contributed by atoms with Gasteiger partial charge in [0.05, 0.1) is 11.3 Å². The average Bonchev–Trinajstić information content (AvgIpc) is 3.44. The summed E-state index contributed by atoms with van der Waals surface area (Å²) < 4.78 is 0. The SMILES string of the molecule is Cc1ncc(-c2ccnc(NC(=O)C3CC3)c2)cc1C(=O)N(C)C12CC(C1)C2. The molecule has 0 atom stereocenters. The zero-order chi connectivity index (χ0) is 19.5. The Kier molecular flexibility index (Phi) is 3.79. The van der Waals surface area contributed by atoms with Gasteiger partial charge in [-0.05, 0) is 68.7 Å². The summed E-state index contributed by atoms with van der Waals surface area (Å²) in [5, 5.41) is 2.88. The van der Waals surface area contributed by atoms with Crippen LogP contribution in [0, 0.1) is 18.8 Å². The lowest BCUT2D eigenvalue weighted by Gasteiger charge is -2.65. The van der Waals surface area contributed by atoms with Crippen LogP contribution in [0.2, 0.25) is 0 Å². The summed E-state index contributed by atoms with van der Waals surface area (Å²) in [6.07, 6.45) is 8.76. The molecule has 4 fully saturated rings. The molecule has 2 bridgehead atoms. The van der Waals surface area contributed by atoms with Crippen molar-refractivity contribution >= 4 is 17.6 Å². The van der Waals surface area contributed by atoms with E-state index in [1.54, 1.807) is 12.4 Å². The van der Waals surface area contributed by atoms with Crippen molar-refractivity contribution in [2.24, 2.45) is 11.8 Å². The molecule has 4 saturated carbocycles. The first kappa shape index (κ1) is 17.3. The highest BCUT2D eigenvalue weighted by atomic mass is 16.2. The van der Waals surface area contributed by atoms with Crippen LogP contribution >= 0.6 is 0 Å². The third-order valence-corrected chi connectivity index (χ3v) is 6.63. The summed E-state index contributed by atoms with van der Waals surface area (Å²) in [5.74, 6) is 1.56. The van der Waals surface area contributed by atoms with E-state index in [2.05, 4.69) is 15.3 Å². The second-order valence-electron chi connectivity index (χ2n) is 8.62. The fraction of sp³-hybridized carbons (Fsp3) is 0.455. The van der Waals surface area contributed by atoms with Crippen LogP contribution in [0.15, 0.2) is 30.6 Å². The summed E-state index contributed by atoms with van der Waals surface area (Å²) in [6, 6.07) is 5.62. The van der Waals surface area contributed by atoms with Gasteiger partial charge < -0.3 is 10.2 Å². The lowest BCUT2D eigenvalue weighted by atomic mass is 9.49. The number of aryl methyl sites for hydroxylation is 1. The van der Waals surface area contributed by atoms with E-state index in [9.17, 15) is 9.59 Å². The van der Waals surface area contributed by atoms with Gasteiger partial charge in [-0.1, -0.05) is 0 Å². The molecule has 6 nitrogen and oxygen atoms in total. The Morgan fingerprint density at radius 2 is 1.89 bits per heavy atom. The third-order valence-electron chi connectivity index (χ3n) is 6.63. The van der Waals surface area contributed by atoms with Gasteiger partial charge in [-0.2, -0.15) is 0 Å². The lowest BCUT2D eigenvalue weighted by molar-refractivity contribution is -0.117. The molecule has 1 N–H and O–H groups in total. The molecular formula is C22H24N4O2. The Bertz CT molecular complexity index is 965. The molecule has 2 heterocycles. The van der Waals surface area contributed by atoms with E-state index in [0.29, 0.717) is 11.4 Å². The van der Waals surface area contributed by atoms with E-state index in [4.69, 9.17) is 0 Å². The number of nitrogens with zero attached hydrogens (tertiary/aromatic N) is 3. The largest absolute Gasteiger partial charge is 0.336 e. The highest BCUT2D eigenvalue weighted by Crippen LogP contribution is 2.60. The Labute approximate surface area is 164 Å². The standard InChI is InChI=1S/C22H24N4O2/c1-13-18(21(28)26(2)22-9-14(10-22)11-22)7-17(12-24-13)16-5-6-23-19(8-16)25-20(27)15-3-4-15/h5-8,12,14-15H,3-4,9-11H2,1-2H3,(H,23,25,27). The topological polar surface area (TPSA) is 75.2 Å². The van der Waals surface area contributed by atoms with Crippen LogP contribution in [0.1, 0.15) is 48.2 Å². The van der Waals surface area contributed by atoms with Gasteiger partial charge >= 0.3 is 0 Å². The van der Waals surface area contributed by atoms with Crippen LogP contribution in [0.4, 0.5) is 5.82 Å². The van der Waals surface area contributed by atoms with Gasteiger partial charge in [0.25, 0.3) is 5.91 Å². The molecule has 6 rings (SSSR count). The molecule has 144 valence electrons. The molecule has 4 aliphatic carbocycles. The Morgan fingerprint density at radius 3 is 2.54 bits per heavy atom. The monoisotopic (exact) mass is 376 g/mol. The van der Waals surface area contributed by atoms with E-state index in [1.807, 2.05) is 37.1 Å². The van der Waals surface area contributed by atoms with Gasteiger partial charge in [0.1, 0.15) is 5.82 Å². The second-order valence-corrected chi connectivity index (χ2v) is 8.62. The molecule has 28 heavy (non-hydrogen) atoms. The number of rotatable bonds is 5. The number of carbonyl (C=O) groups is 2. The second kappa shape index (κ2) is 6.12. The quantitative estimate of drug-likeness (QED) is 0.868. The van der Waals surface area contributed by atoms with Gasteiger partial charge in [0.15, 0.2) is 0 Å². The minimum Gasteiger partial charge on any atom is -0.336 e. The maximum absolute atomic E-state index is 13.1. The number of nitrogens with one attached hydrogen (secondary N) is 1. The van der Waals surface area contributed by atoms with E-state index in [0.717, 1.165) is 54.8 Å². The van der Waals surface area contributed by atoms with Crippen molar-refractivity contribution in [3.05, 3.63) is 41.9 Å². The van der Waals surface area contributed by atoms with Gasteiger partial charge in [-0.25, -0.2) is 4.98 Å². The molecule has 0 aromatic carbocycles. The number of amides is 2. The van der Waals surface area contributed by atoms with Crippen LogP contribution < -0.4 is 5.32 Å². The van der Waals surface area contributed by atoms with Crippen LogP contribution in [0.5, 0.6) is 0 Å². The van der Waals surface area contributed by atoms with Crippen molar-refractivity contribution in [2.45, 2.75) is 44.6 Å². The molecular weight excluding hydrogens is 352 g/mol. The van der Waals surface area contributed by atoms with E-state index >= 15 is 0 Å². The van der Waals surface area contributed by atoms with Gasteiger partial charge in [0.2, 0.25) is 5.91 Å². The highest BCUT2D eigenvalue weighted by Gasteiger charge is 2.60. The minimum absolute atomic E-state index is 0.0303. The molecule has 0 saturated heterocycles. The summed E-state index contributed by atoms with van der Waals surface area (Å²) >= 11 is 0.